The van der Waals surface area contributed by atoms with Crippen molar-refractivity contribution in [1.82, 2.24) is 0 Å². The number of aryl methyl sites for hydroxylation is 2. The fraction of sp³-hybridized carbons (Fsp3) is 0.200. The van der Waals surface area contributed by atoms with Crippen molar-refractivity contribution < 1.29 is 0 Å². The first-order valence-corrected chi connectivity index (χ1v) is 4.50. The van der Waals surface area contributed by atoms with Crippen molar-refractivity contribution in [2.45, 2.75) is 13.8 Å². The highest BCUT2D eigenvalue weighted by molar-refractivity contribution is 5.93. The maximum Gasteiger partial charge on any atom is 0.223 e. The summed E-state index contributed by atoms with van der Waals surface area (Å²) in [6.07, 6.45) is 0. The van der Waals surface area contributed by atoms with Crippen LogP contribution in [0, 0.1) is 13.8 Å². The van der Waals surface area contributed by atoms with Crippen LogP contribution in [0.4, 0.5) is 5.69 Å². The highest BCUT2D eigenvalue weighted by atomic mass is 15.1. The molecule has 0 amide bonds. The van der Waals surface area contributed by atoms with E-state index < -0.39 is 0 Å². The van der Waals surface area contributed by atoms with Gasteiger partial charge in [0.1, 0.15) is 0 Å². The number of benzene rings is 1. The fourth-order valence-electron chi connectivity index (χ4n) is 1.08. The molecule has 1 aromatic rings. The molecule has 0 atom stereocenters. The highest BCUT2D eigenvalue weighted by Crippen LogP contribution is 2.16. The molecule has 80 valence electrons. The van der Waals surface area contributed by atoms with Crippen LogP contribution < -0.4 is 17.2 Å². The van der Waals surface area contributed by atoms with Gasteiger partial charge in [-0.25, -0.2) is 4.99 Å². The monoisotopic (exact) mass is 205 g/mol. The zero-order valence-corrected chi connectivity index (χ0v) is 8.86. The van der Waals surface area contributed by atoms with Crippen LogP contribution in [0.5, 0.6) is 0 Å². The van der Waals surface area contributed by atoms with Gasteiger partial charge in [-0.2, -0.15) is 4.99 Å². The highest BCUT2D eigenvalue weighted by Gasteiger charge is 1.96. The number of nitrogens with two attached hydrogens (primary N) is 3. The fourth-order valence-corrected chi connectivity index (χ4v) is 1.08. The van der Waals surface area contributed by atoms with Gasteiger partial charge in [-0.1, -0.05) is 6.07 Å². The van der Waals surface area contributed by atoms with Crippen molar-refractivity contribution in [3.63, 3.8) is 0 Å². The van der Waals surface area contributed by atoms with Crippen LogP contribution in [0.2, 0.25) is 0 Å². The molecule has 0 spiro atoms. The summed E-state index contributed by atoms with van der Waals surface area (Å²) in [4.78, 5) is 7.67. The van der Waals surface area contributed by atoms with Crippen molar-refractivity contribution in [3.05, 3.63) is 29.3 Å². The topological polar surface area (TPSA) is 103 Å². The van der Waals surface area contributed by atoms with Gasteiger partial charge >= 0.3 is 0 Å². The SMILES string of the molecule is Cc1ccc(N=C(N)N=C(N)N)cc1C. The van der Waals surface area contributed by atoms with Crippen molar-refractivity contribution in [2.75, 3.05) is 0 Å². The van der Waals surface area contributed by atoms with Gasteiger partial charge < -0.3 is 17.2 Å². The minimum Gasteiger partial charge on any atom is -0.370 e. The molecule has 0 fully saturated rings. The Morgan fingerprint density at radius 1 is 1.07 bits per heavy atom. The summed E-state index contributed by atoms with van der Waals surface area (Å²) in [6.45, 7) is 4.04. The summed E-state index contributed by atoms with van der Waals surface area (Å²) in [6, 6.07) is 5.75. The molecule has 0 heterocycles. The number of nitrogens with zero attached hydrogens (tertiary/aromatic N) is 2. The van der Waals surface area contributed by atoms with Crippen LogP contribution in [-0.2, 0) is 0 Å². The molecule has 1 rings (SSSR count). The minimum atomic E-state index is -0.0971. The van der Waals surface area contributed by atoms with E-state index in [9.17, 15) is 0 Å². The average molecular weight is 205 g/mol. The first kappa shape index (κ1) is 11.0. The summed E-state index contributed by atoms with van der Waals surface area (Å²) in [5.41, 5.74) is 18.9. The van der Waals surface area contributed by atoms with Gasteiger partial charge in [0.25, 0.3) is 0 Å². The van der Waals surface area contributed by atoms with E-state index in [0.29, 0.717) is 0 Å². The van der Waals surface area contributed by atoms with Crippen LogP contribution in [0.1, 0.15) is 11.1 Å². The van der Waals surface area contributed by atoms with E-state index in [1.54, 1.807) is 0 Å². The van der Waals surface area contributed by atoms with Crippen LogP contribution in [-0.4, -0.2) is 11.9 Å². The standard InChI is InChI=1S/C10H15N5/c1-6-3-4-8(5-7(6)2)14-10(13)15-9(11)12/h3-5H,1-2H3,(H6,11,12,13,14,15). The first-order chi connectivity index (χ1) is 6.99. The zero-order valence-electron chi connectivity index (χ0n) is 8.86. The molecule has 6 N–H and O–H groups in total. The van der Waals surface area contributed by atoms with E-state index in [2.05, 4.69) is 9.98 Å². The molecular formula is C10H15N5. The molecule has 0 aromatic heterocycles. The summed E-state index contributed by atoms with van der Waals surface area (Å²) >= 11 is 0. The largest absolute Gasteiger partial charge is 0.370 e. The Balaban J connectivity index is 2.99. The van der Waals surface area contributed by atoms with Crippen LogP contribution in [0.3, 0.4) is 0 Å². The number of hydrogen-bond donors (Lipinski definition) is 3. The predicted molar refractivity (Wildman–Crippen MR) is 63.0 cm³/mol. The lowest BCUT2D eigenvalue weighted by molar-refractivity contribution is 1.31. The van der Waals surface area contributed by atoms with E-state index >= 15 is 0 Å². The number of rotatable bonds is 1. The van der Waals surface area contributed by atoms with Gasteiger partial charge in [0, 0.05) is 0 Å². The molecule has 0 aliphatic carbocycles. The third kappa shape index (κ3) is 3.30. The summed E-state index contributed by atoms with van der Waals surface area (Å²) < 4.78 is 0. The van der Waals surface area contributed by atoms with Gasteiger partial charge in [-0.05, 0) is 37.1 Å². The second kappa shape index (κ2) is 4.45. The Morgan fingerprint density at radius 2 is 1.73 bits per heavy atom. The van der Waals surface area contributed by atoms with E-state index in [-0.39, 0.29) is 11.9 Å². The molecule has 0 aliphatic heterocycles. The minimum absolute atomic E-state index is 0.0539. The molecule has 0 aliphatic rings. The molecule has 15 heavy (non-hydrogen) atoms. The predicted octanol–water partition coefficient (Wildman–Crippen LogP) is 0.523. The smallest absolute Gasteiger partial charge is 0.223 e. The second-order valence-corrected chi connectivity index (χ2v) is 3.28. The normalized spacial score (nSPS) is 11.2. The molecule has 5 heteroatoms. The van der Waals surface area contributed by atoms with Crippen LogP contribution >= 0.6 is 0 Å². The third-order valence-corrected chi connectivity index (χ3v) is 1.98. The van der Waals surface area contributed by atoms with Gasteiger partial charge in [0.15, 0.2) is 5.96 Å². The summed E-state index contributed by atoms with van der Waals surface area (Å²) in [7, 11) is 0. The molecule has 0 saturated heterocycles. The number of hydrogen-bond acceptors (Lipinski definition) is 1. The van der Waals surface area contributed by atoms with Gasteiger partial charge in [0.05, 0.1) is 5.69 Å². The lowest BCUT2D eigenvalue weighted by Gasteiger charge is -2.01. The Kier molecular flexibility index (Phi) is 3.28. The van der Waals surface area contributed by atoms with Crippen molar-refractivity contribution in [3.8, 4) is 0 Å². The maximum absolute atomic E-state index is 5.50. The van der Waals surface area contributed by atoms with Crippen molar-refractivity contribution in [2.24, 2.45) is 27.2 Å². The van der Waals surface area contributed by atoms with E-state index in [4.69, 9.17) is 17.2 Å². The zero-order chi connectivity index (χ0) is 11.4. The Labute approximate surface area is 88.7 Å². The maximum atomic E-state index is 5.50. The molecule has 5 nitrogen and oxygen atoms in total. The van der Waals surface area contributed by atoms with Crippen molar-refractivity contribution in [1.29, 1.82) is 0 Å². The van der Waals surface area contributed by atoms with Gasteiger partial charge in [0.2, 0.25) is 5.96 Å². The van der Waals surface area contributed by atoms with E-state index in [0.717, 1.165) is 11.3 Å². The molecule has 0 unspecified atom stereocenters. The van der Waals surface area contributed by atoms with Crippen LogP contribution in [0.25, 0.3) is 0 Å². The molecule has 0 bridgehead atoms. The summed E-state index contributed by atoms with van der Waals surface area (Å²) in [5.74, 6) is -0.0432. The van der Waals surface area contributed by atoms with E-state index in [1.165, 1.54) is 5.56 Å². The number of aliphatic imine (C=N–C) groups is 2. The van der Waals surface area contributed by atoms with Gasteiger partial charge in [-0.3, -0.25) is 0 Å². The Hall–Kier alpha value is -2.04. The van der Waals surface area contributed by atoms with E-state index in [1.807, 2.05) is 32.0 Å². The molecule has 0 saturated carbocycles. The Morgan fingerprint density at radius 3 is 2.27 bits per heavy atom. The lowest BCUT2D eigenvalue weighted by atomic mass is 10.1. The molecule has 0 radical (unpaired) electrons. The van der Waals surface area contributed by atoms with Crippen molar-refractivity contribution >= 4 is 17.6 Å². The second-order valence-electron chi connectivity index (χ2n) is 3.28. The van der Waals surface area contributed by atoms with Gasteiger partial charge in [-0.15, -0.1) is 0 Å². The Bertz CT molecular complexity index is 416. The molecular weight excluding hydrogens is 190 g/mol. The van der Waals surface area contributed by atoms with Crippen LogP contribution in [0.15, 0.2) is 28.2 Å². The molecule has 1 aromatic carbocycles. The quantitative estimate of drug-likeness (QED) is 0.460. The first-order valence-electron chi connectivity index (χ1n) is 4.50. The summed E-state index contributed by atoms with van der Waals surface area (Å²) in [5, 5.41) is 0. The third-order valence-electron chi connectivity index (χ3n) is 1.98. The average Bonchev–Trinajstić information content (AvgIpc) is 2.10. The number of guanidine groups is 2. The lowest BCUT2D eigenvalue weighted by Crippen LogP contribution is -2.26.